The monoisotopic (exact) mass is 320 g/mol. The average Bonchev–Trinajstić information content (AvgIpc) is 2.39. The first-order chi connectivity index (χ1) is 9.13. The number of carbonyl (C=O) groups excluding carboxylic acids is 1. The Morgan fingerprint density at radius 1 is 1.21 bits per heavy atom. The summed E-state index contributed by atoms with van der Waals surface area (Å²) in [4.78, 5) is 11.7. The molecule has 0 fully saturated rings. The number of anilines is 2. The Morgan fingerprint density at radius 3 is 2.63 bits per heavy atom. The maximum absolute atomic E-state index is 11.7. The minimum Gasteiger partial charge on any atom is -0.484 e. The van der Waals surface area contributed by atoms with Gasteiger partial charge in [0, 0.05) is 15.8 Å². The van der Waals surface area contributed by atoms with E-state index in [1.165, 1.54) is 0 Å². The molecule has 4 nitrogen and oxygen atoms in total. The predicted octanol–water partition coefficient (Wildman–Crippen LogP) is 3.05. The Hall–Kier alpha value is -2.01. The highest BCUT2D eigenvalue weighted by atomic mass is 79.9. The molecule has 98 valence electrons. The molecule has 2 rings (SSSR count). The third kappa shape index (κ3) is 4.30. The van der Waals surface area contributed by atoms with Crippen molar-refractivity contribution in [1.82, 2.24) is 0 Å². The lowest BCUT2D eigenvalue weighted by Crippen LogP contribution is -2.20. The molecule has 0 aromatic heterocycles. The van der Waals surface area contributed by atoms with Crippen LogP contribution in [-0.4, -0.2) is 12.5 Å². The lowest BCUT2D eigenvalue weighted by Gasteiger charge is -2.08. The van der Waals surface area contributed by atoms with Gasteiger partial charge in [0.05, 0.1) is 0 Å². The molecule has 0 unspecified atom stereocenters. The molecular formula is C14H13BrN2O2. The van der Waals surface area contributed by atoms with Crippen LogP contribution in [0.3, 0.4) is 0 Å². The Morgan fingerprint density at radius 2 is 1.95 bits per heavy atom. The van der Waals surface area contributed by atoms with E-state index in [4.69, 9.17) is 10.5 Å². The van der Waals surface area contributed by atoms with E-state index in [1.54, 1.807) is 36.4 Å². The molecule has 0 aliphatic heterocycles. The van der Waals surface area contributed by atoms with Crippen LogP contribution < -0.4 is 15.8 Å². The molecular weight excluding hydrogens is 308 g/mol. The van der Waals surface area contributed by atoms with E-state index in [1.807, 2.05) is 12.1 Å². The van der Waals surface area contributed by atoms with Gasteiger partial charge < -0.3 is 15.8 Å². The lowest BCUT2D eigenvalue weighted by atomic mass is 10.3. The number of amides is 1. The summed E-state index contributed by atoms with van der Waals surface area (Å²) in [5.41, 5.74) is 6.91. The van der Waals surface area contributed by atoms with E-state index >= 15 is 0 Å². The van der Waals surface area contributed by atoms with E-state index in [9.17, 15) is 4.79 Å². The van der Waals surface area contributed by atoms with Gasteiger partial charge in [0.2, 0.25) is 0 Å². The van der Waals surface area contributed by atoms with E-state index in [0.717, 1.165) is 4.47 Å². The van der Waals surface area contributed by atoms with Gasteiger partial charge in [-0.15, -0.1) is 0 Å². The van der Waals surface area contributed by atoms with Gasteiger partial charge in [-0.05, 0) is 42.5 Å². The van der Waals surface area contributed by atoms with Crippen molar-refractivity contribution in [2.45, 2.75) is 0 Å². The zero-order valence-corrected chi connectivity index (χ0v) is 11.7. The summed E-state index contributed by atoms with van der Waals surface area (Å²) in [5, 5.41) is 2.72. The second-order valence-electron chi connectivity index (χ2n) is 3.92. The number of halogens is 1. The number of hydrogen-bond acceptors (Lipinski definition) is 3. The van der Waals surface area contributed by atoms with Crippen molar-refractivity contribution in [3.8, 4) is 5.75 Å². The van der Waals surface area contributed by atoms with Gasteiger partial charge in [-0.2, -0.15) is 0 Å². The summed E-state index contributed by atoms with van der Waals surface area (Å²) in [6, 6.07) is 14.3. The SMILES string of the molecule is Nc1ccc(NC(=O)COc2cccc(Br)c2)cc1. The van der Waals surface area contributed by atoms with E-state index in [0.29, 0.717) is 17.1 Å². The van der Waals surface area contributed by atoms with Gasteiger partial charge >= 0.3 is 0 Å². The van der Waals surface area contributed by atoms with Crippen molar-refractivity contribution in [1.29, 1.82) is 0 Å². The number of hydrogen-bond donors (Lipinski definition) is 2. The zero-order valence-electron chi connectivity index (χ0n) is 10.1. The zero-order chi connectivity index (χ0) is 13.7. The van der Waals surface area contributed by atoms with Gasteiger partial charge in [0.15, 0.2) is 6.61 Å². The molecule has 0 atom stereocenters. The minimum absolute atomic E-state index is 0.0408. The van der Waals surface area contributed by atoms with Crippen molar-refractivity contribution in [3.63, 3.8) is 0 Å². The van der Waals surface area contributed by atoms with E-state index in [2.05, 4.69) is 21.2 Å². The van der Waals surface area contributed by atoms with Crippen LogP contribution in [0.4, 0.5) is 11.4 Å². The van der Waals surface area contributed by atoms with Gasteiger partial charge in [-0.3, -0.25) is 4.79 Å². The first-order valence-electron chi connectivity index (χ1n) is 5.67. The molecule has 0 aliphatic rings. The smallest absolute Gasteiger partial charge is 0.262 e. The number of nitrogen functional groups attached to an aromatic ring is 1. The van der Waals surface area contributed by atoms with Crippen LogP contribution in [0.1, 0.15) is 0 Å². The lowest BCUT2D eigenvalue weighted by molar-refractivity contribution is -0.118. The summed E-state index contributed by atoms with van der Waals surface area (Å²) in [6.45, 7) is -0.0408. The highest BCUT2D eigenvalue weighted by Crippen LogP contribution is 2.17. The largest absolute Gasteiger partial charge is 0.484 e. The first-order valence-corrected chi connectivity index (χ1v) is 6.46. The second kappa shape index (κ2) is 6.24. The Balaban J connectivity index is 1.86. The van der Waals surface area contributed by atoms with E-state index < -0.39 is 0 Å². The van der Waals surface area contributed by atoms with Crippen LogP contribution >= 0.6 is 15.9 Å². The quantitative estimate of drug-likeness (QED) is 0.851. The molecule has 0 bridgehead atoms. The molecule has 2 aromatic rings. The molecule has 3 N–H and O–H groups in total. The van der Waals surface area contributed by atoms with Crippen LogP contribution in [0, 0.1) is 0 Å². The molecule has 0 aliphatic carbocycles. The van der Waals surface area contributed by atoms with Crippen LogP contribution in [0.5, 0.6) is 5.75 Å². The van der Waals surface area contributed by atoms with Crippen LogP contribution in [-0.2, 0) is 4.79 Å². The van der Waals surface area contributed by atoms with Crippen molar-refractivity contribution < 1.29 is 9.53 Å². The third-order valence-corrected chi connectivity index (χ3v) is 2.85. The maximum atomic E-state index is 11.7. The Bertz CT molecular complexity index is 570. The highest BCUT2D eigenvalue weighted by Gasteiger charge is 2.03. The maximum Gasteiger partial charge on any atom is 0.262 e. The topological polar surface area (TPSA) is 64.3 Å². The van der Waals surface area contributed by atoms with Crippen molar-refractivity contribution in [3.05, 3.63) is 53.0 Å². The molecule has 0 radical (unpaired) electrons. The summed E-state index contributed by atoms with van der Waals surface area (Å²) in [6.07, 6.45) is 0. The summed E-state index contributed by atoms with van der Waals surface area (Å²) < 4.78 is 6.28. The fraction of sp³-hybridized carbons (Fsp3) is 0.0714. The fourth-order valence-corrected chi connectivity index (χ4v) is 1.85. The van der Waals surface area contributed by atoms with Crippen LogP contribution in [0.15, 0.2) is 53.0 Å². The molecule has 0 heterocycles. The molecule has 5 heteroatoms. The van der Waals surface area contributed by atoms with Crippen molar-refractivity contribution in [2.24, 2.45) is 0 Å². The molecule has 0 spiro atoms. The first kappa shape index (κ1) is 13.4. The molecule has 19 heavy (non-hydrogen) atoms. The van der Waals surface area contributed by atoms with Gasteiger partial charge in [0.25, 0.3) is 5.91 Å². The summed E-state index contributed by atoms with van der Waals surface area (Å²) in [7, 11) is 0. The normalized spacial score (nSPS) is 9.95. The number of nitrogens with one attached hydrogen (secondary N) is 1. The molecule has 1 amide bonds. The number of benzene rings is 2. The molecule has 2 aromatic carbocycles. The molecule has 0 saturated heterocycles. The number of nitrogens with two attached hydrogens (primary N) is 1. The van der Waals surface area contributed by atoms with Gasteiger partial charge in [-0.1, -0.05) is 22.0 Å². The van der Waals surface area contributed by atoms with Crippen LogP contribution in [0.2, 0.25) is 0 Å². The standard InChI is InChI=1S/C14H13BrN2O2/c15-10-2-1-3-13(8-10)19-9-14(18)17-12-6-4-11(16)5-7-12/h1-8H,9,16H2,(H,17,18). The summed E-state index contributed by atoms with van der Waals surface area (Å²) in [5.74, 6) is 0.423. The second-order valence-corrected chi connectivity index (χ2v) is 4.83. The number of ether oxygens (including phenoxy) is 1. The van der Waals surface area contributed by atoms with Gasteiger partial charge in [-0.25, -0.2) is 0 Å². The van der Waals surface area contributed by atoms with Crippen LogP contribution in [0.25, 0.3) is 0 Å². The van der Waals surface area contributed by atoms with Crippen molar-refractivity contribution in [2.75, 3.05) is 17.7 Å². The Kier molecular flexibility index (Phi) is 4.41. The number of rotatable bonds is 4. The Labute approximate surface area is 119 Å². The fourth-order valence-electron chi connectivity index (χ4n) is 1.47. The van der Waals surface area contributed by atoms with Gasteiger partial charge in [0.1, 0.15) is 5.75 Å². The average molecular weight is 321 g/mol. The highest BCUT2D eigenvalue weighted by molar-refractivity contribution is 9.10. The summed E-state index contributed by atoms with van der Waals surface area (Å²) >= 11 is 3.34. The van der Waals surface area contributed by atoms with Crippen molar-refractivity contribution >= 4 is 33.2 Å². The minimum atomic E-state index is -0.218. The third-order valence-electron chi connectivity index (χ3n) is 2.36. The predicted molar refractivity (Wildman–Crippen MR) is 79.1 cm³/mol. The number of carbonyl (C=O) groups is 1. The van der Waals surface area contributed by atoms with E-state index in [-0.39, 0.29) is 12.5 Å². The molecule has 0 saturated carbocycles.